The molecule has 96 valence electrons. The van der Waals surface area contributed by atoms with Crippen molar-refractivity contribution in [3.05, 3.63) is 33.6 Å². The number of nitrogens with one attached hydrogen (secondary N) is 1. The highest BCUT2D eigenvalue weighted by molar-refractivity contribution is 9.10. The predicted molar refractivity (Wildman–Crippen MR) is 73.8 cm³/mol. The predicted octanol–water partition coefficient (Wildman–Crippen LogP) is 2.32. The summed E-state index contributed by atoms with van der Waals surface area (Å²) in [5.41, 5.74) is 3.32. The summed E-state index contributed by atoms with van der Waals surface area (Å²) in [6.45, 7) is 6.15. The smallest absolute Gasteiger partial charge is 0.173 e. The highest BCUT2D eigenvalue weighted by Gasteiger charge is 2.17. The molecule has 0 fully saturated rings. The number of tetrazole rings is 1. The summed E-state index contributed by atoms with van der Waals surface area (Å²) < 4.78 is 2.87. The van der Waals surface area contributed by atoms with Gasteiger partial charge >= 0.3 is 0 Å². The van der Waals surface area contributed by atoms with Crippen LogP contribution in [0, 0.1) is 13.8 Å². The monoisotopic (exact) mass is 309 g/mol. The lowest BCUT2D eigenvalue weighted by Gasteiger charge is -2.14. The Morgan fingerprint density at radius 2 is 1.89 bits per heavy atom. The molecule has 1 aromatic heterocycles. The minimum absolute atomic E-state index is 0.0995. The summed E-state index contributed by atoms with van der Waals surface area (Å²) in [5, 5.41) is 15.1. The molecule has 2 rings (SSSR count). The summed E-state index contributed by atoms with van der Waals surface area (Å²) in [5.74, 6) is 0.811. The van der Waals surface area contributed by atoms with E-state index in [4.69, 9.17) is 0 Å². The molecule has 1 heterocycles. The maximum absolute atomic E-state index is 4.11. The number of aromatic nitrogens is 4. The standard InChI is InChI=1S/C12H16BrN5/c1-7-5-10(13)6-8(2)11(7)18-12(9(3)14-4)15-16-17-18/h5-6,9,14H,1-4H3. The number of aryl methyl sites for hydroxylation is 2. The van der Waals surface area contributed by atoms with Gasteiger partial charge < -0.3 is 5.32 Å². The third kappa shape index (κ3) is 2.30. The van der Waals surface area contributed by atoms with Crippen molar-refractivity contribution < 1.29 is 0 Å². The van der Waals surface area contributed by atoms with Gasteiger partial charge in [0.1, 0.15) is 0 Å². The SMILES string of the molecule is CNC(C)c1nnnn1-c1c(C)cc(Br)cc1C. The van der Waals surface area contributed by atoms with E-state index in [1.807, 2.05) is 14.0 Å². The Morgan fingerprint density at radius 1 is 1.28 bits per heavy atom. The first kappa shape index (κ1) is 13.2. The molecular weight excluding hydrogens is 294 g/mol. The van der Waals surface area contributed by atoms with Crippen molar-refractivity contribution in [2.24, 2.45) is 0 Å². The molecular formula is C12H16BrN5. The van der Waals surface area contributed by atoms with E-state index in [1.54, 1.807) is 4.68 Å². The van der Waals surface area contributed by atoms with Crippen LogP contribution < -0.4 is 5.32 Å². The van der Waals surface area contributed by atoms with Crippen LogP contribution in [0.3, 0.4) is 0 Å². The number of benzene rings is 1. The molecule has 6 heteroatoms. The van der Waals surface area contributed by atoms with Gasteiger partial charge in [0.05, 0.1) is 11.7 Å². The van der Waals surface area contributed by atoms with E-state index in [2.05, 4.69) is 62.8 Å². The largest absolute Gasteiger partial charge is 0.311 e. The van der Waals surface area contributed by atoms with Crippen LogP contribution in [0.1, 0.15) is 29.9 Å². The van der Waals surface area contributed by atoms with Crippen LogP contribution in [0.25, 0.3) is 5.69 Å². The molecule has 1 aromatic carbocycles. The molecule has 2 aromatic rings. The van der Waals surface area contributed by atoms with Crippen molar-refractivity contribution in [2.45, 2.75) is 26.8 Å². The molecule has 0 spiro atoms. The van der Waals surface area contributed by atoms with Gasteiger partial charge in [-0.25, -0.2) is 0 Å². The van der Waals surface area contributed by atoms with E-state index in [9.17, 15) is 0 Å². The molecule has 1 unspecified atom stereocenters. The van der Waals surface area contributed by atoms with Gasteiger partial charge in [-0.2, -0.15) is 4.68 Å². The second-order valence-electron chi connectivity index (χ2n) is 4.35. The van der Waals surface area contributed by atoms with E-state index in [1.165, 1.54) is 0 Å². The van der Waals surface area contributed by atoms with Crippen molar-refractivity contribution in [3.8, 4) is 5.69 Å². The van der Waals surface area contributed by atoms with E-state index in [0.29, 0.717) is 0 Å². The van der Waals surface area contributed by atoms with Crippen molar-refractivity contribution >= 4 is 15.9 Å². The Labute approximate surface area is 115 Å². The second-order valence-corrected chi connectivity index (χ2v) is 5.26. The van der Waals surface area contributed by atoms with Crippen molar-refractivity contribution in [1.82, 2.24) is 25.5 Å². The van der Waals surface area contributed by atoms with Gasteiger partial charge in [-0.05, 0) is 61.5 Å². The van der Waals surface area contributed by atoms with Crippen LogP contribution >= 0.6 is 15.9 Å². The van der Waals surface area contributed by atoms with Crippen molar-refractivity contribution in [3.63, 3.8) is 0 Å². The fourth-order valence-corrected chi connectivity index (χ4v) is 2.68. The molecule has 0 bridgehead atoms. The number of hydrogen-bond acceptors (Lipinski definition) is 4. The molecule has 1 N–H and O–H groups in total. The summed E-state index contributed by atoms with van der Waals surface area (Å²) in [7, 11) is 1.89. The Morgan fingerprint density at radius 3 is 2.44 bits per heavy atom. The zero-order chi connectivity index (χ0) is 13.3. The number of halogens is 1. The topological polar surface area (TPSA) is 55.6 Å². The third-order valence-electron chi connectivity index (χ3n) is 2.98. The van der Waals surface area contributed by atoms with E-state index in [-0.39, 0.29) is 6.04 Å². The first-order chi connectivity index (χ1) is 8.54. The van der Waals surface area contributed by atoms with Crippen LogP contribution in [0.4, 0.5) is 0 Å². The lowest BCUT2D eigenvalue weighted by Crippen LogP contribution is -2.18. The summed E-state index contributed by atoms with van der Waals surface area (Å²) >= 11 is 3.50. The maximum Gasteiger partial charge on any atom is 0.173 e. The van der Waals surface area contributed by atoms with Crippen molar-refractivity contribution in [1.29, 1.82) is 0 Å². The lowest BCUT2D eigenvalue weighted by atomic mass is 10.1. The van der Waals surface area contributed by atoms with E-state index in [0.717, 1.165) is 27.1 Å². The zero-order valence-corrected chi connectivity index (χ0v) is 12.5. The molecule has 18 heavy (non-hydrogen) atoms. The van der Waals surface area contributed by atoms with Crippen LogP contribution in [0.15, 0.2) is 16.6 Å². The highest BCUT2D eigenvalue weighted by Crippen LogP contribution is 2.25. The summed E-state index contributed by atoms with van der Waals surface area (Å²) in [4.78, 5) is 0. The minimum Gasteiger partial charge on any atom is -0.311 e. The molecule has 5 nitrogen and oxygen atoms in total. The summed E-state index contributed by atoms with van der Waals surface area (Å²) in [6.07, 6.45) is 0. The first-order valence-electron chi connectivity index (χ1n) is 5.77. The normalized spacial score (nSPS) is 12.7. The van der Waals surface area contributed by atoms with Gasteiger partial charge in [0.15, 0.2) is 5.82 Å². The number of nitrogens with zero attached hydrogens (tertiary/aromatic N) is 4. The molecule has 0 saturated heterocycles. The fraction of sp³-hybridized carbons (Fsp3) is 0.417. The maximum atomic E-state index is 4.11. The molecule has 0 saturated carbocycles. The van der Waals surface area contributed by atoms with Gasteiger partial charge in [-0.1, -0.05) is 15.9 Å². The van der Waals surface area contributed by atoms with Crippen molar-refractivity contribution in [2.75, 3.05) is 7.05 Å². The lowest BCUT2D eigenvalue weighted by molar-refractivity contribution is 0.587. The van der Waals surface area contributed by atoms with Crippen LogP contribution in [-0.4, -0.2) is 27.3 Å². The first-order valence-corrected chi connectivity index (χ1v) is 6.56. The Bertz CT molecular complexity index is 540. The highest BCUT2D eigenvalue weighted by atomic mass is 79.9. The van der Waals surface area contributed by atoms with Crippen LogP contribution in [0.5, 0.6) is 0 Å². The van der Waals surface area contributed by atoms with Crippen LogP contribution in [0.2, 0.25) is 0 Å². The summed E-state index contributed by atoms with van der Waals surface area (Å²) in [6, 6.07) is 4.23. The van der Waals surface area contributed by atoms with Gasteiger partial charge in [0.25, 0.3) is 0 Å². The zero-order valence-electron chi connectivity index (χ0n) is 10.9. The minimum atomic E-state index is 0.0995. The molecule has 0 aliphatic heterocycles. The molecule has 0 aliphatic rings. The molecule has 1 atom stereocenters. The Kier molecular flexibility index (Phi) is 3.77. The average molecular weight is 310 g/mol. The number of hydrogen-bond donors (Lipinski definition) is 1. The third-order valence-corrected chi connectivity index (χ3v) is 3.44. The van der Waals surface area contributed by atoms with E-state index >= 15 is 0 Å². The average Bonchev–Trinajstić information content (AvgIpc) is 2.75. The van der Waals surface area contributed by atoms with Gasteiger partial charge in [0, 0.05) is 4.47 Å². The van der Waals surface area contributed by atoms with Crippen LogP contribution in [-0.2, 0) is 0 Å². The van der Waals surface area contributed by atoms with Gasteiger partial charge in [-0.3, -0.25) is 0 Å². The van der Waals surface area contributed by atoms with Gasteiger partial charge in [0.2, 0.25) is 0 Å². The van der Waals surface area contributed by atoms with Gasteiger partial charge in [-0.15, -0.1) is 5.10 Å². The van der Waals surface area contributed by atoms with E-state index < -0.39 is 0 Å². The number of rotatable bonds is 3. The molecule has 0 aliphatic carbocycles. The fourth-order valence-electron chi connectivity index (χ4n) is 1.99. The Balaban J connectivity index is 2.59. The second kappa shape index (κ2) is 5.16. The molecule has 0 radical (unpaired) electrons. The Hall–Kier alpha value is -1.27. The molecule has 0 amide bonds. The quantitative estimate of drug-likeness (QED) is 0.945.